The molecular weight excluding hydrogens is 435 g/mol. The number of ether oxygens (including phenoxy) is 1. The Balaban J connectivity index is 1.52. The van der Waals surface area contributed by atoms with E-state index in [0.717, 1.165) is 56.4 Å². The maximum absolute atomic E-state index is 15.2. The molecule has 0 spiro atoms. The van der Waals surface area contributed by atoms with Gasteiger partial charge in [-0.1, -0.05) is 19.4 Å². The molecule has 1 saturated carbocycles. The molecule has 2 aliphatic rings. The number of halogens is 1. The summed E-state index contributed by atoms with van der Waals surface area (Å²) in [5.41, 5.74) is 2.76. The number of unbranched alkanes of at least 4 members (excludes halogenated alkanes) is 1. The topological polar surface area (TPSA) is 87.8 Å². The van der Waals surface area contributed by atoms with Crippen molar-refractivity contribution in [3.05, 3.63) is 36.0 Å². The van der Waals surface area contributed by atoms with Gasteiger partial charge >= 0.3 is 0 Å². The molecule has 2 fully saturated rings. The minimum absolute atomic E-state index is 0.195. The first-order valence-corrected chi connectivity index (χ1v) is 12.4. The number of hydrogen-bond donors (Lipinski definition) is 2. The fourth-order valence-corrected chi connectivity index (χ4v) is 4.89. The summed E-state index contributed by atoms with van der Waals surface area (Å²) in [4.78, 5) is 11.5. The Bertz CT molecular complexity index is 1120. The van der Waals surface area contributed by atoms with Gasteiger partial charge in [0, 0.05) is 31.1 Å². The molecule has 182 valence electrons. The standard InChI is InChI=1S/C25H33FN6O2/c1-2-3-10-27-25-28-16-22-23(29-24(32(22)30-25)17-4-7-19(33)8-5-17)18-6-9-21(20(26)15-18)31-11-13-34-14-12-31/h6,9,15-17,19,33H,2-5,7-8,10-14H2,1H3,(H,27,30). The number of hydrogen-bond acceptors (Lipinski definition) is 7. The van der Waals surface area contributed by atoms with Crippen molar-refractivity contribution in [2.45, 2.75) is 57.5 Å². The van der Waals surface area contributed by atoms with Crippen LogP contribution in [0.2, 0.25) is 0 Å². The second-order valence-electron chi connectivity index (χ2n) is 9.25. The number of benzene rings is 1. The SMILES string of the molecule is CCCCNc1ncc2c(-c3ccc(N4CCOCC4)c(F)c3)nc(C3CCC(O)CC3)n2n1. The van der Waals surface area contributed by atoms with Crippen molar-refractivity contribution in [2.24, 2.45) is 0 Å². The third-order valence-electron chi connectivity index (χ3n) is 6.87. The number of nitrogens with zero attached hydrogens (tertiary/aromatic N) is 5. The second-order valence-corrected chi connectivity index (χ2v) is 9.25. The quantitative estimate of drug-likeness (QED) is 0.507. The number of aliphatic hydroxyl groups is 1. The van der Waals surface area contributed by atoms with Crippen LogP contribution >= 0.6 is 0 Å². The number of fused-ring (bicyclic) bond motifs is 1. The molecule has 0 amide bonds. The van der Waals surface area contributed by atoms with Crippen LogP contribution < -0.4 is 10.2 Å². The van der Waals surface area contributed by atoms with E-state index >= 15 is 4.39 Å². The van der Waals surface area contributed by atoms with Gasteiger partial charge in [-0.15, -0.1) is 5.10 Å². The highest BCUT2D eigenvalue weighted by molar-refractivity contribution is 5.78. The first kappa shape index (κ1) is 23.0. The normalized spacial score (nSPS) is 21.2. The van der Waals surface area contributed by atoms with Gasteiger partial charge in [0.05, 0.1) is 36.9 Å². The maximum atomic E-state index is 15.2. The van der Waals surface area contributed by atoms with E-state index in [1.165, 1.54) is 0 Å². The summed E-state index contributed by atoms with van der Waals surface area (Å²) in [5.74, 6) is 1.36. The molecule has 0 bridgehead atoms. The van der Waals surface area contributed by atoms with Crippen molar-refractivity contribution in [3.8, 4) is 11.3 Å². The van der Waals surface area contributed by atoms with E-state index < -0.39 is 0 Å². The van der Waals surface area contributed by atoms with Crippen LogP contribution in [0.3, 0.4) is 0 Å². The highest BCUT2D eigenvalue weighted by atomic mass is 19.1. The zero-order valence-corrected chi connectivity index (χ0v) is 19.7. The lowest BCUT2D eigenvalue weighted by molar-refractivity contribution is 0.121. The summed E-state index contributed by atoms with van der Waals surface area (Å²) < 4.78 is 22.4. The van der Waals surface area contributed by atoms with Gasteiger partial charge in [-0.25, -0.2) is 18.9 Å². The van der Waals surface area contributed by atoms with Crippen LogP contribution in [0, 0.1) is 5.82 Å². The minimum Gasteiger partial charge on any atom is -0.393 e. The Hall–Kier alpha value is -2.78. The summed E-state index contributed by atoms with van der Waals surface area (Å²) >= 11 is 0. The Labute approximate surface area is 199 Å². The molecule has 1 saturated heterocycles. The molecule has 2 aromatic heterocycles. The zero-order chi connectivity index (χ0) is 23.5. The molecule has 5 rings (SSSR count). The van der Waals surface area contributed by atoms with Gasteiger partial charge in [0.2, 0.25) is 5.95 Å². The van der Waals surface area contributed by atoms with E-state index in [-0.39, 0.29) is 17.8 Å². The first-order valence-electron chi connectivity index (χ1n) is 12.4. The van der Waals surface area contributed by atoms with E-state index in [0.29, 0.717) is 49.2 Å². The van der Waals surface area contributed by atoms with Gasteiger partial charge in [0.15, 0.2) is 0 Å². The Morgan fingerprint density at radius 1 is 1.18 bits per heavy atom. The van der Waals surface area contributed by atoms with Gasteiger partial charge < -0.3 is 20.1 Å². The summed E-state index contributed by atoms with van der Waals surface area (Å²) in [6.45, 7) is 5.54. The Kier molecular flexibility index (Phi) is 6.92. The molecule has 3 aromatic rings. The number of morpholine rings is 1. The molecule has 2 N–H and O–H groups in total. The molecule has 1 aliphatic heterocycles. The fourth-order valence-electron chi connectivity index (χ4n) is 4.89. The largest absolute Gasteiger partial charge is 0.393 e. The van der Waals surface area contributed by atoms with Crippen molar-refractivity contribution in [3.63, 3.8) is 0 Å². The first-order chi connectivity index (χ1) is 16.6. The average Bonchev–Trinajstić information content (AvgIpc) is 3.24. The predicted molar refractivity (Wildman–Crippen MR) is 130 cm³/mol. The molecule has 1 aliphatic carbocycles. The van der Waals surface area contributed by atoms with E-state index in [1.807, 2.05) is 21.5 Å². The molecule has 0 radical (unpaired) electrons. The van der Waals surface area contributed by atoms with Crippen LogP contribution in [0.15, 0.2) is 24.4 Å². The molecular formula is C25H33FN6O2. The molecule has 34 heavy (non-hydrogen) atoms. The van der Waals surface area contributed by atoms with Crippen LogP contribution in [-0.2, 0) is 4.74 Å². The predicted octanol–water partition coefficient (Wildman–Crippen LogP) is 4.00. The van der Waals surface area contributed by atoms with Crippen molar-refractivity contribution in [1.82, 2.24) is 19.6 Å². The van der Waals surface area contributed by atoms with Gasteiger partial charge in [-0.3, -0.25) is 0 Å². The lowest BCUT2D eigenvalue weighted by Gasteiger charge is -2.29. The van der Waals surface area contributed by atoms with Crippen LogP contribution in [0.4, 0.5) is 16.0 Å². The van der Waals surface area contributed by atoms with E-state index in [9.17, 15) is 5.11 Å². The molecule has 0 unspecified atom stereocenters. The zero-order valence-electron chi connectivity index (χ0n) is 19.7. The molecule has 9 heteroatoms. The van der Waals surface area contributed by atoms with Crippen LogP contribution in [-0.4, -0.2) is 63.6 Å². The average molecular weight is 469 g/mol. The molecule has 3 heterocycles. The van der Waals surface area contributed by atoms with Crippen molar-refractivity contribution in [1.29, 1.82) is 0 Å². The van der Waals surface area contributed by atoms with Gasteiger partial charge in [-0.05, 0) is 44.2 Å². The lowest BCUT2D eigenvalue weighted by Crippen LogP contribution is -2.36. The van der Waals surface area contributed by atoms with Crippen molar-refractivity contribution < 1.29 is 14.2 Å². The second kappa shape index (κ2) is 10.2. The molecule has 0 atom stereocenters. The van der Waals surface area contributed by atoms with Gasteiger partial charge in [-0.2, -0.15) is 0 Å². The third-order valence-corrected chi connectivity index (χ3v) is 6.87. The van der Waals surface area contributed by atoms with Crippen LogP contribution in [0.5, 0.6) is 0 Å². The summed E-state index contributed by atoms with van der Waals surface area (Å²) in [6, 6.07) is 5.33. The number of aromatic nitrogens is 4. The number of rotatable bonds is 7. The van der Waals surface area contributed by atoms with Crippen LogP contribution in [0.25, 0.3) is 16.8 Å². The monoisotopic (exact) mass is 468 g/mol. The van der Waals surface area contributed by atoms with E-state index in [4.69, 9.17) is 14.8 Å². The summed E-state index contributed by atoms with van der Waals surface area (Å²) in [5, 5.41) is 18.0. The molecule has 8 nitrogen and oxygen atoms in total. The third kappa shape index (κ3) is 4.72. The Morgan fingerprint density at radius 3 is 2.71 bits per heavy atom. The summed E-state index contributed by atoms with van der Waals surface area (Å²) in [6.07, 6.45) is 6.88. The maximum Gasteiger partial charge on any atom is 0.241 e. The number of aliphatic hydroxyl groups excluding tert-OH is 1. The van der Waals surface area contributed by atoms with Gasteiger partial charge in [0.25, 0.3) is 0 Å². The van der Waals surface area contributed by atoms with Crippen LogP contribution in [0.1, 0.15) is 57.2 Å². The number of nitrogens with one attached hydrogen (secondary N) is 1. The minimum atomic E-state index is -0.262. The highest BCUT2D eigenvalue weighted by Gasteiger charge is 2.27. The van der Waals surface area contributed by atoms with Crippen molar-refractivity contribution >= 4 is 17.2 Å². The fraction of sp³-hybridized carbons (Fsp3) is 0.560. The Morgan fingerprint density at radius 2 is 1.97 bits per heavy atom. The number of imidazole rings is 1. The summed E-state index contributed by atoms with van der Waals surface area (Å²) in [7, 11) is 0. The van der Waals surface area contributed by atoms with Crippen molar-refractivity contribution in [2.75, 3.05) is 43.1 Å². The van der Waals surface area contributed by atoms with E-state index in [1.54, 1.807) is 12.3 Å². The van der Waals surface area contributed by atoms with Gasteiger partial charge in [0.1, 0.15) is 17.2 Å². The lowest BCUT2D eigenvalue weighted by atomic mass is 9.87. The number of anilines is 2. The molecule has 1 aromatic carbocycles. The highest BCUT2D eigenvalue weighted by Crippen LogP contribution is 2.36. The smallest absolute Gasteiger partial charge is 0.241 e. The van der Waals surface area contributed by atoms with E-state index in [2.05, 4.69) is 17.2 Å².